The summed E-state index contributed by atoms with van der Waals surface area (Å²) in [6.45, 7) is 0. The van der Waals surface area contributed by atoms with E-state index in [-0.39, 0.29) is 11.9 Å². The van der Waals surface area contributed by atoms with Gasteiger partial charge >= 0.3 is 0 Å². The van der Waals surface area contributed by atoms with Gasteiger partial charge in [-0.25, -0.2) is 0 Å². The molecule has 0 spiro atoms. The van der Waals surface area contributed by atoms with E-state index < -0.39 is 6.10 Å². The molecule has 16 heavy (non-hydrogen) atoms. The van der Waals surface area contributed by atoms with Crippen LogP contribution in [-0.2, 0) is 0 Å². The Hall–Kier alpha value is -1.56. The zero-order chi connectivity index (χ0) is 11.5. The minimum atomic E-state index is -0.421. The van der Waals surface area contributed by atoms with Crippen LogP contribution in [0.25, 0.3) is 0 Å². The fourth-order valence-electron chi connectivity index (χ4n) is 1.92. The van der Waals surface area contributed by atoms with E-state index in [1.54, 1.807) is 13.1 Å². The first-order valence-electron chi connectivity index (χ1n) is 5.43. The maximum absolute atomic E-state index is 11.8. The summed E-state index contributed by atoms with van der Waals surface area (Å²) < 4.78 is 0. The molecule has 0 radical (unpaired) electrons. The molecule has 1 fully saturated rings. The van der Waals surface area contributed by atoms with Crippen molar-refractivity contribution in [3.63, 3.8) is 0 Å². The number of carbonyl (C=O) groups excluding carboxylic acids is 1. The number of aliphatic hydroxyl groups is 1. The zero-order valence-corrected chi connectivity index (χ0v) is 9.16. The minimum Gasteiger partial charge on any atom is -0.391 e. The molecule has 1 heterocycles. The lowest BCUT2D eigenvalue weighted by atomic mass is 10.2. The molecule has 1 aromatic rings. The van der Waals surface area contributed by atoms with Crippen molar-refractivity contribution in [1.29, 1.82) is 0 Å². The van der Waals surface area contributed by atoms with Gasteiger partial charge in [-0.3, -0.25) is 9.89 Å². The van der Waals surface area contributed by atoms with Gasteiger partial charge in [-0.05, 0) is 19.3 Å². The number of hydrogen-bond acceptors (Lipinski definition) is 4. The molecule has 2 rings (SSSR count). The lowest BCUT2D eigenvalue weighted by Gasteiger charge is -2.15. The number of H-pyrrole nitrogens is 1. The maximum atomic E-state index is 11.8. The van der Waals surface area contributed by atoms with Gasteiger partial charge in [0.1, 0.15) is 11.5 Å². The number of nitrogens with zero attached hydrogens (tertiary/aromatic N) is 1. The first kappa shape index (κ1) is 10.9. The van der Waals surface area contributed by atoms with E-state index >= 15 is 0 Å². The van der Waals surface area contributed by atoms with Gasteiger partial charge in [0.2, 0.25) is 0 Å². The van der Waals surface area contributed by atoms with Crippen molar-refractivity contribution in [3.05, 3.63) is 11.8 Å². The second-order valence-electron chi connectivity index (χ2n) is 4.00. The minimum absolute atomic E-state index is 0.131. The molecular formula is C10H16N4O2. The average Bonchev–Trinajstić information content (AvgIpc) is 2.88. The SMILES string of the molecule is CNc1cc(C(=O)NC2CCCC2O)[nH]n1. The van der Waals surface area contributed by atoms with E-state index in [2.05, 4.69) is 20.8 Å². The molecule has 88 valence electrons. The fourth-order valence-corrected chi connectivity index (χ4v) is 1.92. The summed E-state index contributed by atoms with van der Waals surface area (Å²) in [5, 5.41) is 21.7. The molecule has 4 N–H and O–H groups in total. The van der Waals surface area contributed by atoms with Gasteiger partial charge in [-0.1, -0.05) is 0 Å². The molecule has 0 aromatic carbocycles. The lowest BCUT2D eigenvalue weighted by molar-refractivity contribution is 0.0868. The summed E-state index contributed by atoms with van der Waals surface area (Å²) in [6.07, 6.45) is 2.13. The number of rotatable bonds is 3. The second-order valence-corrected chi connectivity index (χ2v) is 4.00. The number of carbonyl (C=O) groups is 1. The van der Waals surface area contributed by atoms with E-state index in [0.29, 0.717) is 11.5 Å². The molecule has 0 bridgehead atoms. The molecule has 1 aliphatic rings. The molecule has 1 aromatic heterocycles. The molecule has 1 amide bonds. The van der Waals surface area contributed by atoms with E-state index in [9.17, 15) is 9.90 Å². The first-order valence-corrected chi connectivity index (χ1v) is 5.43. The van der Waals surface area contributed by atoms with Crippen LogP contribution >= 0.6 is 0 Å². The summed E-state index contributed by atoms with van der Waals surface area (Å²) in [4.78, 5) is 11.8. The van der Waals surface area contributed by atoms with Crippen molar-refractivity contribution in [2.24, 2.45) is 0 Å². The molecular weight excluding hydrogens is 208 g/mol. The van der Waals surface area contributed by atoms with Crippen LogP contribution in [0.3, 0.4) is 0 Å². The van der Waals surface area contributed by atoms with E-state index in [0.717, 1.165) is 19.3 Å². The molecule has 0 saturated heterocycles. The van der Waals surface area contributed by atoms with Gasteiger partial charge in [-0.15, -0.1) is 0 Å². The Morgan fingerprint density at radius 3 is 3.00 bits per heavy atom. The fraction of sp³-hybridized carbons (Fsp3) is 0.600. The summed E-state index contributed by atoms with van der Waals surface area (Å²) in [5.41, 5.74) is 0.406. The highest BCUT2D eigenvalue weighted by atomic mass is 16.3. The highest BCUT2D eigenvalue weighted by Gasteiger charge is 2.27. The van der Waals surface area contributed by atoms with Gasteiger partial charge in [0.05, 0.1) is 12.1 Å². The molecule has 6 nitrogen and oxygen atoms in total. The third-order valence-corrected chi connectivity index (χ3v) is 2.87. The van der Waals surface area contributed by atoms with Gasteiger partial charge in [0.25, 0.3) is 5.91 Å². The number of amides is 1. The number of aliphatic hydroxyl groups excluding tert-OH is 1. The van der Waals surface area contributed by atoms with Crippen molar-refractivity contribution in [2.75, 3.05) is 12.4 Å². The topological polar surface area (TPSA) is 90.0 Å². The van der Waals surface area contributed by atoms with Crippen molar-refractivity contribution < 1.29 is 9.90 Å². The van der Waals surface area contributed by atoms with Gasteiger partial charge in [-0.2, -0.15) is 5.10 Å². The van der Waals surface area contributed by atoms with Crippen LogP contribution in [0.4, 0.5) is 5.82 Å². The van der Waals surface area contributed by atoms with Crippen LogP contribution < -0.4 is 10.6 Å². The molecule has 1 aliphatic carbocycles. The van der Waals surface area contributed by atoms with Crippen LogP contribution in [0.15, 0.2) is 6.07 Å². The predicted molar refractivity (Wildman–Crippen MR) is 59.2 cm³/mol. The Morgan fingerprint density at radius 2 is 2.44 bits per heavy atom. The monoisotopic (exact) mass is 224 g/mol. The standard InChI is InChI=1S/C10H16N4O2/c1-11-9-5-7(13-14-9)10(16)12-6-3-2-4-8(6)15/h5-6,8,15H,2-4H2,1H3,(H,12,16)(H2,11,13,14). The van der Waals surface area contributed by atoms with E-state index in [1.165, 1.54) is 0 Å². The molecule has 0 aliphatic heterocycles. The third-order valence-electron chi connectivity index (χ3n) is 2.87. The Balaban J connectivity index is 1.97. The number of hydrogen-bond donors (Lipinski definition) is 4. The van der Waals surface area contributed by atoms with Crippen molar-refractivity contribution >= 4 is 11.7 Å². The molecule has 1 saturated carbocycles. The Bertz CT molecular complexity index is 377. The van der Waals surface area contributed by atoms with Crippen molar-refractivity contribution in [2.45, 2.75) is 31.4 Å². The number of aromatic nitrogens is 2. The normalized spacial score (nSPS) is 24.4. The highest BCUT2D eigenvalue weighted by Crippen LogP contribution is 2.19. The molecule has 2 unspecified atom stereocenters. The maximum Gasteiger partial charge on any atom is 0.269 e. The zero-order valence-electron chi connectivity index (χ0n) is 9.16. The van der Waals surface area contributed by atoms with E-state index in [4.69, 9.17) is 0 Å². The third kappa shape index (κ3) is 2.16. The van der Waals surface area contributed by atoms with Crippen molar-refractivity contribution in [3.8, 4) is 0 Å². The number of nitrogens with one attached hydrogen (secondary N) is 3. The number of anilines is 1. The summed E-state index contributed by atoms with van der Waals surface area (Å²) in [7, 11) is 1.73. The molecule has 6 heteroatoms. The van der Waals surface area contributed by atoms with Crippen LogP contribution in [0.2, 0.25) is 0 Å². The summed E-state index contributed by atoms with van der Waals surface area (Å²) in [6, 6.07) is 1.50. The van der Waals surface area contributed by atoms with E-state index in [1.807, 2.05) is 0 Å². The van der Waals surface area contributed by atoms with Gasteiger partial charge < -0.3 is 15.7 Å². The largest absolute Gasteiger partial charge is 0.391 e. The lowest BCUT2D eigenvalue weighted by Crippen LogP contribution is -2.39. The quantitative estimate of drug-likeness (QED) is 0.586. The summed E-state index contributed by atoms with van der Waals surface area (Å²) in [5.74, 6) is 0.400. The van der Waals surface area contributed by atoms with Gasteiger partial charge in [0, 0.05) is 13.1 Å². The Morgan fingerprint density at radius 1 is 1.62 bits per heavy atom. The Kier molecular flexibility index (Phi) is 3.09. The van der Waals surface area contributed by atoms with Crippen LogP contribution in [-0.4, -0.2) is 40.4 Å². The van der Waals surface area contributed by atoms with Gasteiger partial charge in [0.15, 0.2) is 0 Å². The number of aromatic amines is 1. The Labute approximate surface area is 93.4 Å². The predicted octanol–water partition coefficient (Wildman–Crippen LogP) is 0.0946. The van der Waals surface area contributed by atoms with Crippen LogP contribution in [0.5, 0.6) is 0 Å². The highest BCUT2D eigenvalue weighted by molar-refractivity contribution is 5.93. The van der Waals surface area contributed by atoms with Crippen LogP contribution in [0, 0.1) is 0 Å². The first-order chi connectivity index (χ1) is 7.70. The average molecular weight is 224 g/mol. The smallest absolute Gasteiger partial charge is 0.269 e. The molecule has 2 atom stereocenters. The van der Waals surface area contributed by atoms with Crippen molar-refractivity contribution in [1.82, 2.24) is 15.5 Å². The summed E-state index contributed by atoms with van der Waals surface area (Å²) >= 11 is 0. The second kappa shape index (κ2) is 4.52. The van der Waals surface area contributed by atoms with Crippen LogP contribution in [0.1, 0.15) is 29.8 Å².